The van der Waals surface area contributed by atoms with E-state index in [-0.39, 0.29) is 0 Å². The first-order valence-electron chi connectivity index (χ1n) is 7.81. The van der Waals surface area contributed by atoms with Crippen LogP contribution in [0.1, 0.15) is 36.8 Å². The molecule has 1 heteroatoms. The van der Waals surface area contributed by atoms with E-state index < -0.39 is 6.10 Å². The molecular weight excluding hydrogens is 268 g/mol. The van der Waals surface area contributed by atoms with Crippen molar-refractivity contribution in [1.29, 1.82) is 0 Å². The van der Waals surface area contributed by atoms with Crippen LogP contribution in [-0.4, -0.2) is 11.2 Å². The van der Waals surface area contributed by atoms with Gasteiger partial charge in [-0.15, -0.1) is 0 Å². The van der Waals surface area contributed by atoms with E-state index in [4.69, 9.17) is 0 Å². The van der Waals surface area contributed by atoms with Crippen LogP contribution in [0, 0.1) is 11.8 Å². The van der Waals surface area contributed by atoms with E-state index in [0.29, 0.717) is 0 Å². The number of unbranched alkanes of at least 4 members (excludes halogenated alkanes) is 2. The predicted molar refractivity (Wildman–Crippen MR) is 93.3 cm³/mol. The zero-order valence-electron chi connectivity index (χ0n) is 12.8. The second-order valence-electron chi connectivity index (χ2n) is 5.25. The molecule has 2 aromatic rings. The number of hydrogen-bond donors (Lipinski definition) is 1. The Morgan fingerprint density at radius 1 is 0.909 bits per heavy atom. The minimum atomic E-state index is -0.529. The quantitative estimate of drug-likeness (QED) is 0.605. The first kappa shape index (κ1) is 16.1. The topological polar surface area (TPSA) is 20.2 Å². The molecule has 0 saturated heterocycles. The van der Waals surface area contributed by atoms with Crippen molar-refractivity contribution in [3.05, 3.63) is 77.9 Å². The molecule has 0 bridgehead atoms. The van der Waals surface area contributed by atoms with Crippen LogP contribution in [0.25, 0.3) is 6.08 Å². The van der Waals surface area contributed by atoms with E-state index in [0.717, 1.165) is 31.2 Å². The Bertz CT molecular complexity index is 617. The van der Waals surface area contributed by atoms with Gasteiger partial charge in [0.2, 0.25) is 0 Å². The Morgan fingerprint density at radius 2 is 1.59 bits per heavy atom. The molecule has 0 radical (unpaired) electrons. The van der Waals surface area contributed by atoms with Gasteiger partial charge < -0.3 is 5.11 Å². The second-order valence-corrected chi connectivity index (χ2v) is 5.25. The molecule has 0 fully saturated rings. The van der Waals surface area contributed by atoms with Crippen molar-refractivity contribution >= 4 is 6.08 Å². The fourth-order valence-corrected chi connectivity index (χ4v) is 2.14. The van der Waals surface area contributed by atoms with Crippen LogP contribution in [0.3, 0.4) is 0 Å². The highest BCUT2D eigenvalue weighted by Gasteiger charge is 1.98. The van der Waals surface area contributed by atoms with Gasteiger partial charge in [0.1, 0.15) is 6.10 Å². The Kier molecular flexibility index (Phi) is 7.02. The third-order valence-electron chi connectivity index (χ3n) is 3.37. The van der Waals surface area contributed by atoms with Crippen LogP contribution in [0.15, 0.2) is 66.7 Å². The molecule has 0 heterocycles. The summed E-state index contributed by atoms with van der Waals surface area (Å²) in [5, 5.41) is 9.85. The summed E-state index contributed by atoms with van der Waals surface area (Å²) in [6.07, 6.45) is 7.64. The van der Waals surface area contributed by atoms with Crippen molar-refractivity contribution in [1.82, 2.24) is 0 Å². The molecule has 0 aliphatic carbocycles. The molecule has 0 aliphatic rings. The number of aliphatic hydroxyl groups is 1. The summed E-state index contributed by atoms with van der Waals surface area (Å²) < 4.78 is 0. The van der Waals surface area contributed by atoms with E-state index in [1.165, 1.54) is 5.56 Å². The fraction of sp³-hybridized carbons (Fsp3) is 0.238. The highest BCUT2D eigenvalue weighted by Crippen LogP contribution is 2.07. The number of benzene rings is 2. The Balaban J connectivity index is 1.62. The summed E-state index contributed by atoms with van der Waals surface area (Å²) in [6.45, 7) is 0. The van der Waals surface area contributed by atoms with Crippen LogP contribution in [0.5, 0.6) is 0 Å². The van der Waals surface area contributed by atoms with E-state index in [2.05, 4.69) is 36.1 Å². The minimum absolute atomic E-state index is 0.529. The molecule has 2 rings (SSSR count). The van der Waals surface area contributed by atoms with Gasteiger partial charge in [-0.05, 0) is 43.4 Å². The number of hydrogen-bond acceptors (Lipinski definition) is 1. The molecule has 0 saturated carbocycles. The first-order chi connectivity index (χ1) is 10.8. The molecular formula is C21H22O. The molecule has 22 heavy (non-hydrogen) atoms. The van der Waals surface area contributed by atoms with E-state index >= 15 is 0 Å². The average Bonchev–Trinajstić information content (AvgIpc) is 2.58. The molecule has 1 N–H and O–H groups in total. The van der Waals surface area contributed by atoms with Crippen molar-refractivity contribution in [2.24, 2.45) is 0 Å². The lowest BCUT2D eigenvalue weighted by Gasteiger charge is -2.01. The minimum Gasteiger partial charge on any atom is -0.380 e. The molecule has 1 unspecified atom stereocenters. The average molecular weight is 290 g/mol. The van der Waals surface area contributed by atoms with Crippen molar-refractivity contribution in [2.45, 2.75) is 31.8 Å². The van der Waals surface area contributed by atoms with Gasteiger partial charge in [-0.1, -0.05) is 72.5 Å². The fourth-order valence-electron chi connectivity index (χ4n) is 2.14. The molecule has 0 spiro atoms. The lowest BCUT2D eigenvalue weighted by Crippen LogP contribution is -2.02. The summed E-state index contributed by atoms with van der Waals surface area (Å²) in [6, 6.07) is 20.1. The third-order valence-corrected chi connectivity index (χ3v) is 3.37. The maximum absolute atomic E-state index is 9.85. The van der Waals surface area contributed by atoms with Crippen LogP contribution in [-0.2, 0) is 0 Å². The van der Waals surface area contributed by atoms with Crippen LogP contribution in [0.4, 0.5) is 0 Å². The molecule has 1 nitrogen and oxygen atoms in total. The number of aliphatic hydroxyl groups excluding tert-OH is 1. The summed E-state index contributed by atoms with van der Waals surface area (Å²) in [5.74, 6) is 5.91. The molecule has 2 aromatic carbocycles. The SMILES string of the molecule is OC(C#Cc1ccccc1)CCCC/C=C/c1ccccc1. The predicted octanol–water partition coefficient (Wildman–Crippen LogP) is 4.67. The smallest absolute Gasteiger partial charge is 0.115 e. The Hall–Kier alpha value is -2.30. The van der Waals surface area contributed by atoms with Gasteiger partial charge in [-0.2, -0.15) is 0 Å². The lowest BCUT2D eigenvalue weighted by molar-refractivity contribution is 0.218. The van der Waals surface area contributed by atoms with E-state index in [1.807, 2.05) is 48.5 Å². The zero-order valence-corrected chi connectivity index (χ0v) is 12.8. The third kappa shape index (κ3) is 6.43. The van der Waals surface area contributed by atoms with Crippen LogP contribution >= 0.6 is 0 Å². The van der Waals surface area contributed by atoms with Crippen LogP contribution in [0.2, 0.25) is 0 Å². The van der Waals surface area contributed by atoms with Gasteiger partial charge >= 0.3 is 0 Å². The summed E-state index contributed by atoms with van der Waals surface area (Å²) in [4.78, 5) is 0. The second kappa shape index (κ2) is 9.60. The van der Waals surface area contributed by atoms with Crippen molar-refractivity contribution in [3.63, 3.8) is 0 Å². The highest BCUT2D eigenvalue weighted by molar-refractivity contribution is 5.48. The number of rotatable bonds is 6. The standard InChI is InChI=1S/C21H22O/c22-21(18-17-20-14-8-4-9-15-20)16-10-2-1-5-11-19-12-6-3-7-13-19/h3-9,11-15,21-22H,1-2,10,16H2/b11-5+. The Morgan fingerprint density at radius 3 is 2.32 bits per heavy atom. The first-order valence-corrected chi connectivity index (χ1v) is 7.81. The normalized spacial score (nSPS) is 11.9. The molecule has 112 valence electrons. The summed E-state index contributed by atoms with van der Waals surface area (Å²) in [5.41, 5.74) is 2.18. The van der Waals surface area contributed by atoms with Crippen molar-refractivity contribution < 1.29 is 5.11 Å². The molecule has 1 atom stereocenters. The monoisotopic (exact) mass is 290 g/mol. The maximum atomic E-state index is 9.85. The van der Waals surface area contributed by atoms with Gasteiger partial charge in [0.25, 0.3) is 0 Å². The van der Waals surface area contributed by atoms with Gasteiger partial charge in [-0.3, -0.25) is 0 Å². The number of allylic oxidation sites excluding steroid dienone is 1. The van der Waals surface area contributed by atoms with E-state index in [1.54, 1.807) is 0 Å². The van der Waals surface area contributed by atoms with Gasteiger partial charge in [0.15, 0.2) is 0 Å². The highest BCUT2D eigenvalue weighted by atomic mass is 16.3. The molecule has 0 aromatic heterocycles. The lowest BCUT2D eigenvalue weighted by atomic mass is 10.1. The van der Waals surface area contributed by atoms with E-state index in [9.17, 15) is 5.11 Å². The summed E-state index contributed by atoms with van der Waals surface area (Å²) in [7, 11) is 0. The van der Waals surface area contributed by atoms with Crippen LogP contribution < -0.4 is 0 Å². The molecule has 0 aliphatic heterocycles. The molecule has 0 amide bonds. The Labute approximate surface area is 133 Å². The van der Waals surface area contributed by atoms with Gasteiger partial charge in [0.05, 0.1) is 0 Å². The van der Waals surface area contributed by atoms with Gasteiger partial charge in [0, 0.05) is 5.56 Å². The van der Waals surface area contributed by atoms with Gasteiger partial charge in [-0.25, -0.2) is 0 Å². The van der Waals surface area contributed by atoms with Crippen molar-refractivity contribution in [3.8, 4) is 11.8 Å². The zero-order chi connectivity index (χ0) is 15.5. The largest absolute Gasteiger partial charge is 0.380 e. The van der Waals surface area contributed by atoms with Crippen molar-refractivity contribution in [2.75, 3.05) is 0 Å². The summed E-state index contributed by atoms with van der Waals surface area (Å²) >= 11 is 0. The maximum Gasteiger partial charge on any atom is 0.115 e.